The Morgan fingerprint density at radius 2 is 1.70 bits per heavy atom. The summed E-state index contributed by atoms with van der Waals surface area (Å²) < 4.78 is 11.5. The SMILES string of the molecule is O=C(CC1CCCC1)N1CCC2(CCCCc3ccccc3OCCOC2=O)CC1. The Kier molecular flexibility index (Phi) is 6.96. The lowest BCUT2D eigenvalue weighted by Gasteiger charge is -2.40. The molecule has 0 bridgehead atoms. The molecule has 1 amide bonds. The lowest BCUT2D eigenvalue weighted by atomic mass is 9.74. The molecule has 1 aromatic carbocycles. The first-order valence-electron chi connectivity index (χ1n) is 11.8. The minimum absolute atomic E-state index is 0.0946. The number of cyclic esters (lactones) is 1. The van der Waals surface area contributed by atoms with Gasteiger partial charge >= 0.3 is 5.97 Å². The summed E-state index contributed by atoms with van der Waals surface area (Å²) >= 11 is 0. The van der Waals surface area contributed by atoms with Gasteiger partial charge in [0, 0.05) is 19.5 Å². The van der Waals surface area contributed by atoms with Crippen LogP contribution in [0.4, 0.5) is 0 Å². The fraction of sp³-hybridized carbons (Fsp3) is 0.680. The number of fused-ring (bicyclic) bond motifs is 1. The molecule has 164 valence electrons. The lowest BCUT2D eigenvalue weighted by molar-refractivity contribution is -0.162. The van der Waals surface area contributed by atoms with Crippen LogP contribution in [0.15, 0.2) is 24.3 Å². The lowest BCUT2D eigenvalue weighted by Crippen LogP contribution is -2.47. The third-order valence-corrected chi connectivity index (χ3v) is 7.34. The van der Waals surface area contributed by atoms with E-state index in [1.807, 2.05) is 23.1 Å². The molecule has 0 N–H and O–H groups in total. The van der Waals surface area contributed by atoms with Crippen molar-refractivity contribution in [3.8, 4) is 5.75 Å². The van der Waals surface area contributed by atoms with Gasteiger partial charge in [0.2, 0.25) is 5.91 Å². The van der Waals surface area contributed by atoms with E-state index in [1.54, 1.807) is 0 Å². The Balaban J connectivity index is 1.35. The van der Waals surface area contributed by atoms with Crippen molar-refractivity contribution in [2.24, 2.45) is 11.3 Å². The highest BCUT2D eigenvalue weighted by atomic mass is 16.6. The fourth-order valence-electron chi connectivity index (χ4n) is 5.40. The second-order valence-corrected chi connectivity index (χ2v) is 9.31. The molecule has 5 nitrogen and oxygen atoms in total. The van der Waals surface area contributed by atoms with Crippen LogP contribution in [0, 0.1) is 11.3 Å². The van der Waals surface area contributed by atoms with Gasteiger partial charge in [-0.05, 0) is 62.5 Å². The number of hydrogen-bond donors (Lipinski definition) is 0. The first-order valence-corrected chi connectivity index (χ1v) is 11.8. The zero-order valence-electron chi connectivity index (χ0n) is 18.1. The van der Waals surface area contributed by atoms with Gasteiger partial charge in [-0.2, -0.15) is 0 Å². The number of likely N-dealkylation sites (tertiary alicyclic amines) is 1. The minimum atomic E-state index is -0.442. The summed E-state index contributed by atoms with van der Waals surface area (Å²) in [6.45, 7) is 2.02. The average Bonchev–Trinajstić information content (AvgIpc) is 3.27. The van der Waals surface area contributed by atoms with Crippen molar-refractivity contribution in [3.05, 3.63) is 29.8 Å². The van der Waals surface area contributed by atoms with Crippen LogP contribution in [-0.4, -0.2) is 43.1 Å². The number of aryl methyl sites for hydroxylation is 1. The predicted molar refractivity (Wildman–Crippen MR) is 115 cm³/mol. The van der Waals surface area contributed by atoms with Crippen LogP contribution < -0.4 is 4.74 Å². The molecule has 1 aromatic rings. The number of para-hydroxylation sites is 1. The third kappa shape index (κ3) is 4.98. The van der Waals surface area contributed by atoms with E-state index in [-0.39, 0.29) is 18.5 Å². The van der Waals surface area contributed by atoms with Gasteiger partial charge in [-0.25, -0.2) is 0 Å². The summed E-state index contributed by atoms with van der Waals surface area (Å²) in [5.41, 5.74) is 0.786. The molecule has 1 spiro atoms. The highest BCUT2D eigenvalue weighted by molar-refractivity contribution is 5.79. The summed E-state index contributed by atoms with van der Waals surface area (Å²) in [7, 11) is 0. The number of amides is 1. The molecule has 2 heterocycles. The first kappa shape index (κ1) is 21.2. The van der Waals surface area contributed by atoms with E-state index < -0.39 is 5.41 Å². The third-order valence-electron chi connectivity index (χ3n) is 7.34. The average molecular weight is 414 g/mol. The number of piperidine rings is 1. The molecule has 1 saturated heterocycles. The number of hydrogen-bond acceptors (Lipinski definition) is 4. The van der Waals surface area contributed by atoms with Crippen LogP contribution in [-0.2, 0) is 20.7 Å². The molecule has 4 rings (SSSR count). The van der Waals surface area contributed by atoms with Gasteiger partial charge in [-0.15, -0.1) is 0 Å². The maximum atomic E-state index is 13.0. The van der Waals surface area contributed by atoms with Gasteiger partial charge in [0.15, 0.2) is 0 Å². The Morgan fingerprint density at radius 3 is 2.50 bits per heavy atom. The molecule has 3 aliphatic rings. The van der Waals surface area contributed by atoms with Crippen molar-refractivity contribution in [1.29, 1.82) is 0 Å². The normalized spacial score (nSPS) is 23.1. The summed E-state index contributed by atoms with van der Waals surface area (Å²) in [4.78, 5) is 27.7. The second-order valence-electron chi connectivity index (χ2n) is 9.31. The van der Waals surface area contributed by atoms with Crippen LogP contribution in [0.5, 0.6) is 5.75 Å². The topological polar surface area (TPSA) is 55.8 Å². The van der Waals surface area contributed by atoms with Crippen LogP contribution in [0.1, 0.15) is 69.8 Å². The standard InChI is InChI=1S/C25H35NO4/c27-23(19-20-7-1-2-8-20)26-15-13-25(14-16-26)12-6-5-10-21-9-3-4-11-22(21)29-17-18-30-24(25)28/h3-4,9,11,20H,1-2,5-8,10,12-19H2. The molecule has 0 aromatic heterocycles. The molecule has 2 aliphatic heterocycles. The Hall–Kier alpha value is -2.04. The highest BCUT2D eigenvalue weighted by Gasteiger charge is 2.43. The van der Waals surface area contributed by atoms with Crippen molar-refractivity contribution in [2.45, 2.75) is 70.6 Å². The summed E-state index contributed by atoms with van der Waals surface area (Å²) in [5, 5.41) is 0. The van der Waals surface area contributed by atoms with E-state index in [0.29, 0.717) is 32.0 Å². The number of carbonyl (C=O) groups is 2. The smallest absolute Gasteiger partial charge is 0.312 e. The molecule has 0 radical (unpaired) electrons. The van der Waals surface area contributed by atoms with Gasteiger partial charge in [-0.1, -0.05) is 37.5 Å². The number of ether oxygens (including phenoxy) is 2. The van der Waals surface area contributed by atoms with Crippen LogP contribution in [0.25, 0.3) is 0 Å². The Bertz CT molecular complexity index is 732. The Labute approximate surface area is 180 Å². The molecule has 1 aliphatic carbocycles. The largest absolute Gasteiger partial charge is 0.490 e. The molecular formula is C25H35NO4. The van der Waals surface area contributed by atoms with Crippen molar-refractivity contribution in [3.63, 3.8) is 0 Å². The van der Waals surface area contributed by atoms with Gasteiger partial charge in [-0.3, -0.25) is 9.59 Å². The second kappa shape index (κ2) is 9.84. The van der Waals surface area contributed by atoms with E-state index in [2.05, 4.69) is 6.07 Å². The van der Waals surface area contributed by atoms with Crippen LogP contribution >= 0.6 is 0 Å². The molecular weight excluding hydrogens is 378 g/mol. The minimum Gasteiger partial charge on any atom is -0.490 e. The quantitative estimate of drug-likeness (QED) is 0.669. The fourth-order valence-corrected chi connectivity index (χ4v) is 5.40. The summed E-state index contributed by atoms with van der Waals surface area (Å²) in [6.07, 6.45) is 10.9. The molecule has 2 fully saturated rings. The predicted octanol–water partition coefficient (Wildman–Crippen LogP) is 4.52. The number of rotatable bonds is 2. The van der Waals surface area contributed by atoms with E-state index in [4.69, 9.17) is 9.47 Å². The number of benzene rings is 1. The van der Waals surface area contributed by atoms with Gasteiger partial charge in [0.1, 0.15) is 19.0 Å². The number of esters is 1. The molecule has 0 atom stereocenters. The Morgan fingerprint density at radius 1 is 0.967 bits per heavy atom. The number of carbonyl (C=O) groups excluding carboxylic acids is 2. The zero-order valence-corrected chi connectivity index (χ0v) is 18.1. The van der Waals surface area contributed by atoms with Gasteiger partial charge in [0.25, 0.3) is 0 Å². The zero-order chi connectivity index (χ0) is 20.8. The van der Waals surface area contributed by atoms with E-state index in [0.717, 1.165) is 44.3 Å². The van der Waals surface area contributed by atoms with Crippen molar-refractivity contribution in [1.82, 2.24) is 4.90 Å². The maximum absolute atomic E-state index is 13.0. The molecule has 30 heavy (non-hydrogen) atoms. The van der Waals surface area contributed by atoms with E-state index in [1.165, 1.54) is 31.2 Å². The van der Waals surface area contributed by atoms with Crippen LogP contribution in [0.2, 0.25) is 0 Å². The molecule has 1 saturated carbocycles. The van der Waals surface area contributed by atoms with Crippen molar-refractivity contribution in [2.75, 3.05) is 26.3 Å². The molecule has 0 unspecified atom stereocenters. The first-order chi connectivity index (χ1) is 14.7. The van der Waals surface area contributed by atoms with Crippen molar-refractivity contribution >= 4 is 11.9 Å². The monoisotopic (exact) mass is 413 g/mol. The highest BCUT2D eigenvalue weighted by Crippen LogP contribution is 2.39. The van der Waals surface area contributed by atoms with Gasteiger partial charge < -0.3 is 14.4 Å². The maximum Gasteiger partial charge on any atom is 0.312 e. The number of nitrogens with zero attached hydrogens (tertiary/aromatic N) is 1. The van der Waals surface area contributed by atoms with E-state index in [9.17, 15) is 9.59 Å². The summed E-state index contributed by atoms with van der Waals surface area (Å²) in [6, 6.07) is 8.14. The summed E-state index contributed by atoms with van der Waals surface area (Å²) in [5.74, 6) is 1.66. The van der Waals surface area contributed by atoms with Gasteiger partial charge in [0.05, 0.1) is 5.41 Å². The van der Waals surface area contributed by atoms with Crippen molar-refractivity contribution < 1.29 is 19.1 Å². The van der Waals surface area contributed by atoms with Crippen LogP contribution in [0.3, 0.4) is 0 Å². The molecule has 5 heteroatoms. The van der Waals surface area contributed by atoms with E-state index >= 15 is 0 Å².